The van der Waals surface area contributed by atoms with Crippen molar-refractivity contribution in [1.82, 2.24) is 10.5 Å². The molecule has 124 valence electrons. The van der Waals surface area contributed by atoms with E-state index in [2.05, 4.69) is 10.5 Å². The number of hydrogen-bond acceptors (Lipinski definition) is 5. The summed E-state index contributed by atoms with van der Waals surface area (Å²) in [6.45, 7) is 7.54. The van der Waals surface area contributed by atoms with Gasteiger partial charge < -0.3 is 14.9 Å². The number of carboxylic acids is 1. The van der Waals surface area contributed by atoms with Crippen LogP contribution in [0.3, 0.4) is 0 Å². The van der Waals surface area contributed by atoms with Crippen molar-refractivity contribution in [2.75, 3.05) is 12.3 Å². The number of nitrogens with zero attached hydrogens (tertiary/aromatic N) is 1. The largest absolute Gasteiger partial charge is 0.481 e. The van der Waals surface area contributed by atoms with Gasteiger partial charge >= 0.3 is 5.97 Å². The number of nitrogens with one attached hydrogen (secondary N) is 1. The van der Waals surface area contributed by atoms with E-state index in [0.717, 1.165) is 17.0 Å². The van der Waals surface area contributed by atoms with Crippen LogP contribution >= 0.6 is 11.8 Å². The van der Waals surface area contributed by atoms with E-state index >= 15 is 0 Å². The Morgan fingerprint density at radius 3 is 2.41 bits per heavy atom. The minimum Gasteiger partial charge on any atom is -0.481 e. The summed E-state index contributed by atoms with van der Waals surface area (Å²) in [7, 11) is 0. The maximum Gasteiger partial charge on any atom is 0.311 e. The van der Waals surface area contributed by atoms with Crippen molar-refractivity contribution < 1.29 is 19.2 Å². The van der Waals surface area contributed by atoms with Gasteiger partial charge in [-0.05, 0) is 26.7 Å². The van der Waals surface area contributed by atoms with Crippen molar-refractivity contribution in [3.05, 3.63) is 17.0 Å². The minimum absolute atomic E-state index is 0.149. The number of carboxylic acid groups (broad SMARTS) is 1. The third kappa shape index (κ3) is 4.50. The van der Waals surface area contributed by atoms with Crippen molar-refractivity contribution in [2.45, 2.75) is 46.3 Å². The first-order valence-electron chi connectivity index (χ1n) is 7.36. The highest BCUT2D eigenvalue weighted by Crippen LogP contribution is 2.25. The summed E-state index contributed by atoms with van der Waals surface area (Å²) in [6.07, 6.45) is 0.983. The molecule has 0 aliphatic heterocycles. The van der Waals surface area contributed by atoms with Crippen molar-refractivity contribution in [3.63, 3.8) is 0 Å². The van der Waals surface area contributed by atoms with E-state index in [1.54, 1.807) is 0 Å². The Morgan fingerprint density at radius 1 is 1.32 bits per heavy atom. The lowest BCUT2D eigenvalue weighted by Gasteiger charge is -2.26. The van der Waals surface area contributed by atoms with E-state index in [-0.39, 0.29) is 18.2 Å². The van der Waals surface area contributed by atoms with Crippen LogP contribution in [0.25, 0.3) is 0 Å². The highest BCUT2D eigenvalue weighted by Gasteiger charge is 2.35. The topological polar surface area (TPSA) is 92.4 Å². The smallest absolute Gasteiger partial charge is 0.311 e. The highest BCUT2D eigenvalue weighted by atomic mass is 32.2. The molecule has 0 saturated heterocycles. The van der Waals surface area contributed by atoms with E-state index in [9.17, 15) is 14.7 Å². The number of thioether (sulfide) groups is 1. The Hall–Kier alpha value is -1.50. The summed E-state index contributed by atoms with van der Waals surface area (Å²) in [4.78, 5) is 23.2. The van der Waals surface area contributed by atoms with Crippen molar-refractivity contribution >= 4 is 23.6 Å². The predicted molar refractivity (Wildman–Crippen MR) is 85.8 cm³/mol. The van der Waals surface area contributed by atoms with Crippen molar-refractivity contribution in [2.24, 2.45) is 5.41 Å². The Kier molecular flexibility index (Phi) is 6.93. The van der Waals surface area contributed by atoms with Crippen LogP contribution in [0.4, 0.5) is 0 Å². The molecule has 0 aliphatic rings. The van der Waals surface area contributed by atoms with E-state index in [1.807, 2.05) is 27.7 Å². The molecule has 2 N–H and O–H groups in total. The van der Waals surface area contributed by atoms with Crippen LogP contribution in [0.15, 0.2) is 4.52 Å². The molecular formula is C15H24N2O4S. The van der Waals surface area contributed by atoms with Gasteiger partial charge in [0.25, 0.3) is 0 Å². The molecule has 0 atom stereocenters. The molecule has 0 aliphatic carbocycles. The van der Waals surface area contributed by atoms with E-state index < -0.39 is 11.4 Å². The molecule has 1 heterocycles. The lowest BCUT2D eigenvalue weighted by atomic mass is 9.82. The number of amides is 1. The van der Waals surface area contributed by atoms with Crippen LogP contribution in [0.1, 0.15) is 43.7 Å². The molecule has 1 rings (SSSR count). The summed E-state index contributed by atoms with van der Waals surface area (Å²) in [5.41, 5.74) is 0.981. The zero-order valence-corrected chi connectivity index (χ0v) is 14.4. The maximum absolute atomic E-state index is 11.9. The fourth-order valence-corrected chi connectivity index (χ4v) is 3.16. The molecule has 0 fully saturated rings. The van der Waals surface area contributed by atoms with Crippen molar-refractivity contribution in [1.29, 1.82) is 0 Å². The molecule has 0 unspecified atom stereocenters. The van der Waals surface area contributed by atoms with Gasteiger partial charge in [0.15, 0.2) is 0 Å². The van der Waals surface area contributed by atoms with Crippen LogP contribution in [0.5, 0.6) is 0 Å². The Morgan fingerprint density at radius 2 is 1.95 bits per heavy atom. The summed E-state index contributed by atoms with van der Waals surface area (Å²) in [6, 6.07) is 0. The van der Waals surface area contributed by atoms with Crippen LogP contribution in [-0.2, 0) is 15.3 Å². The molecule has 22 heavy (non-hydrogen) atoms. The highest BCUT2D eigenvalue weighted by molar-refractivity contribution is 7.99. The van der Waals surface area contributed by atoms with Gasteiger partial charge in [-0.2, -0.15) is 0 Å². The second-order valence-electron chi connectivity index (χ2n) is 5.36. The Bertz CT molecular complexity index is 504. The molecule has 1 aromatic rings. The first kappa shape index (κ1) is 18.5. The maximum atomic E-state index is 11.9. The first-order valence-corrected chi connectivity index (χ1v) is 8.51. The third-order valence-corrected chi connectivity index (χ3v) is 5.05. The Balaban J connectivity index is 2.42. The summed E-state index contributed by atoms with van der Waals surface area (Å²) in [5.74, 6) is 0.700. The number of carbonyl (C=O) groups is 2. The number of aryl methyl sites for hydroxylation is 2. The van der Waals surface area contributed by atoms with Gasteiger partial charge in [-0.15, -0.1) is 11.8 Å². The molecule has 0 aromatic carbocycles. The molecule has 6 nitrogen and oxygen atoms in total. The number of aromatic nitrogens is 1. The number of aliphatic carboxylic acids is 1. The van der Waals surface area contributed by atoms with Crippen LogP contribution < -0.4 is 5.32 Å². The van der Waals surface area contributed by atoms with Crippen LogP contribution in [-0.4, -0.2) is 34.4 Å². The van der Waals surface area contributed by atoms with Gasteiger partial charge in [0.05, 0.1) is 16.9 Å². The molecule has 1 amide bonds. The fourth-order valence-electron chi connectivity index (χ4n) is 2.15. The lowest BCUT2D eigenvalue weighted by Crippen LogP contribution is -2.42. The lowest BCUT2D eigenvalue weighted by molar-refractivity contribution is -0.149. The Labute approximate surface area is 135 Å². The number of rotatable bonds is 9. The zero-order chi connectivity index (χ0) is 16.8. The summed E-state index contributed by atoms with van der Waals surface area (Å²) < 4.78 is 5.07. The summed E-state index contributed by atoms with van der Waals surface area (Å²) in [5, 5.41) is 15.9. The van der Waals surface area contributed by atoms with Gasteiger partial charge in [0, 0.05) is 17.9 Å². The van der Waals surface area contributed by atoms with E-state index in [4.69, 9.17) is 4.52 Å². The van der Waals surface area contributed by atoms with Gasteiger partial charge in [-0.3, -0.25) is 9.59 Å². The normalized spacial score (nSPS) is 11.5. The van der Waals surface area contributed by atoms with Gasteiger partial charge in [0.2, 0.25) is 5.91 Å². The minimum atomic E-state index is -0.873. The molecule has 0 radical (unpaired) electrons. The second-order valence-corrected chi connectivity index (χ2v) is 6.35. The average Bonchev–Trinajstić information content (AvgIpc) is 2.80. The quantitative estimate of drug-likeness (QED) is 0.723. The zero-order valence-electron chi connectivity index (χ0n) is 13.6. The fraction of sp³-hybridized carbons (Fsp3) is 0.667. The van der Waals surface area contributed by atoms with Crippen LogP contribution in [0.2, 0.25) is 0 Å². The third-order valence-electron chi connectivity index (χ3n) is 4.09. The predicted octanol–water partition coefficient (Wildman–Crippen LogP) is 2.53. The van der Waals surface area contributed by atoms with E-state index in [0.29, 0.717) is 18.6 Å². The number of hydrogen-bond donors (Lipinski definition) is 2. The molecule has 0 saturated carbocycles. The van der Waals surface area contributed by atoms with E-state index in [1.165, 1.54) is 11.8 Å². The SMILES string of the molecule is CCC(CC)(CNC(=O)CSCc1c(C)noc1C)C(=O)O. The molecular weight excluding hydrogens is 304 g/mol. The molecule has 7 heteroatoms. The average molecular weight is 328 g/mol. The molecule has 0 spiro atoms. The number of carbonyl (C=O) groups excluding carboxylic acids is 1. The van der Waals surface area contributed by atoms with Crippen LogP contribution in [0, 0.1) is 19.3 Å². The molecule has 1 aromatic heterocycles. The van der Waals surface area contributed by atoms with Gasteiger partial charge in [-0.1, -0.05) is 19.0 Å². The standard InChI is InChI=1S/C15H24N2O4S/c1-5-15(6-2,14(19)20)9-16-13(18)8-22-7-12-10(3)17-21-11(12)4/h5-9H2,1-4H3,(H,16,18)(H,19,20). The van der Waals surface area contributed by atoms with Gasteiger partial charge in [-0.25, -0.2) is 0 Å². The second kappa shape index (κ2) is 8.22. The van der Waals surface area contributed by atoms with Crippen molar-refractivity contribution in [3.8, 4) is 0 Å². The first-order chi connectivity index (χ1) is 10.4. The summed E-state index contributed by atoms with van der Waals surface area (Å²) >= 11 is 1.46. The van der Waals surface area contributed by atoms with Gasteiger partial charge in [0.1, 0.15) is 5.76 Å². The monoisotopic (exact) mass is 328 g/mol. The molecule has 0 bridgehead atoms.